The molecule has 1 amide bonds. The van der Waals surface area contributed by atoms with Crippen LogP contribution in [-0.4, -0.2) is 86.0 Å². The van der Waals surface area contributed by atoms with Crippen LogP contribution >= 0.6 is 0 Å². The fourth-order valence-electron chi connectivity index (χ4n) is 7.05. The fraction of sp³-hybridized carbons (Fsp3) is 0.567. The zero-order valence-electron chi connectivity index (χ0n) is 24.9. The van der Waals surface area contributed by atoms with Crippen LogP contribution in [0, 0.1) is 17.8 Å². The predicted molar refractivity (Wildman–Crippen MR) is 150 cm³/mol. The van der Waals surface area contributed by atoms with Gasteiger partial charge < -0.3 is 26.2 Å². The van der Waals surface area contributed by atoms with Crippen LogP contribution < -0.4 is 5.73 Å². The number of benzene rings is 1. The van der Waals surface area contributed by atoms with Gasteiger partial charge in [-0.1, -0.05) is 20.8 Å². The van der Waals surface area contributed by atoms with Crippen molar-refractivity contribution < 1.29 is 48.0 Å². The monoisotopic (exact) mass is 609 g/mol. The number of primary amides is 1. The number of rotatable bonds is 7. The van der Waals surface area contributed by atoms with Crippen molar-refractivity contribution >= 4 is 23.2 Å². The number of phenols is 1. The summed E-state index contributed by atoms with van der Waals surface area (Å²) in [5.41, 5.74) is -1.26. The molecule has 4 rings (SSSR count). The molecule has 1 saturated carbocycles. The molecule has 5 atom stereocenters. The van der Waals surface area contributed by atoms with Gasteiger partial charge in [0, 0.05) is 24.1 Å². The van der Waals surface area contributed by atoms with E-state index in [1.807, 2.05) is 32.6 Å². The number of phenolic OH excluding ortho intramolecular Hbond substituents is 1. The summed E-state index contributed by atoms with van der Waals surface area (Å²) in [5, 5.41) is 44.9. The molecule has 6 N–H and O–H groups in total. The van der Waals surface area contributed by atoms with Gasteiger partial charge in [-0.15, -0.1) is 0 Å². The third kappa shape index (κ3) is 4.91. The maximum absolute atomic E-state index is 14.8. The Labute approximate surface area is 247 Å². The van der Waals surface area contributed by atoms with Gasteiger partial charge in [0.2, 0.25) is 5.78 Å². The lowest BCUT2D eigenvalue weighted by atomic mass is 9.57. The number of fused-ring (bicyclic) bond motifs is 3. The van der Waals surface area contributed by atoms with Gasteiger partial charge in [-0.3, -0.25) is 24.2 Å². The molecular formula is C30H38F3N3O7. The molecule has 0 heterocycles. The summed E-state index contributed by atoms with van der Waals surface area (Å²) in [5.74, 6) is -8.89. The van der Waals surface area contributed by atoms with Crippen LogP contribution in [0.4, 0.5) is 13.2 Å². The van der Waals surface area contributed by atoms with Crippen LogP contribution in [0.15, 0.2) is 23.0 Å². The van der Waals surface area contributed by atoms with E-state index < -0.39 is 98.7 Å². The molecule has 236 valence electrons. The molecular weight excluding hydrogens is 571 g/mol. The summed E-state index contributed by atoms with van der Waals surface area (Å²) >= 11 is 0. The summed E-state index contributed by atoms with van der Waals surface area (Å²) in [4.78, 5) is 42.4. The third-order valence-electron chi connectivity index (χ3n) is 9.41. The van der Waals surface area contributed by atoms with Gasteiger partial charge in [-0.05, 0) is 69.4 Å². The Morgan fingerprint density at radius 1 is 1.16 bits per heavy atom. The number of Topliss-reactive ketones (excluding diaryl/α,β-unsaturated/α-hetero) is 2. The average Bonchev–Trinajstić information content (AvgIpc) is 2.87. The van der Waals surface area contributed by atoms with Crippen molar-refractivity contribution in [3.63, 3.8) is 0 Å². The summed E-state index contributed by atoms with van der Waals surface area (Å²) in [7, 11) is 2.88. The highest BCUT2D eigenvalue weighted by atomic mass is 19.4. The van der Waals surface area contributed by atoms with E-state index in [1.54, 1.807) is 0 Å². The smallest absolute Gasteiger partial charge is 0.417 e. The van der Waals surface area contributed by atoms with Gasteiger partial charge in [0.1, 0.15) is 22.8 Å². The fourth-order valence-corrected chi connectivity index (χ4v) is 7.05. The van der Waals surface area contributed by atoms with Crippen molar-refractivity contribution in [2.45, 2.75) is 70.9 Å². The first-order valence-corrected chi connectivity index (χ1v) is 14.1. The van der Waals surface area contributed by atoms with Gasteiger partial charge in [-0.2, -0.15) is 13.2 Å². The lowest BCUT2D eigenvalue weighted by Gasteiger charge is -2.50. The first-order valence-electron chi connectivity index (χ1n) is 14.1. The number of nitrogens with two attached hydrogens (primary N) is 1. The number of ketones is 2. The second-order valence-electron chi connectivity index (χ2n) is 12.3. The van der Waals surface area contributed by atoms with Gasteiger partial charge >= 0.3 is 6.18 Å². The quantitative estimate of drug-likeness (QED) is 0.293. The standard InChI is InChI=1S/C30H38F3N3O7/c1-7-36(13(4)12(2)3)11-15-10-18(37)20-16(22(15)30(31,32)33)8-14-9-17-23(35(5)6)25(39)21(28(34)42)27(41)29(17,43)26(40)19(14)24(20)38/h10,12-14,17,23,37-38,41,43H,7-9,11H2,1-6H3,(H2,34,42)/t13-,14+,17+,23+,29+/m1/s1. The highest BCUT2D eigenvalue weighted by Crippen LogP contribution is 2.54. The Hall–Kier alpha value is -3.42. The summed E-state index contributed by atoms with van der Waals surface area (Å²) < 4.78 is 44.4. The minimum atomic E-state index is -4.89. The van der Waals surface area contributed by atoms with E-state index in [0.717, 1.165) is 6.07 Å². The minimum Gasteiger partial charge on any atom is -0.508 e. The average molecular weight is 610 g/mol. The number of hydrogen-bond donors (Lipinski definition) is 5. The third-order valence-corrected chi connectivity index (χ3v) is 9.41. The Bertz CT molecular complexity index is 1450. The lowest BCUT2D eigenvalue weighted by molar-refractivity contribution is -0.153. The molecule has 43 heavy (non-hydrogen) atoms. The molecule has 13 heteroatoms. The van der Waals surface area contributed by atoms with Crippen LogP contribution in [0.5, 0.6) is 5.75 Å². The van der Waals surface area contributed by atoms with Crippen molar-refractivity contribution in [1.82, 2.24) is 9.80 Å². The second kappa shape index (κ2) is 10.9. The van der Waals surface area contributed by atoms with Crippen LogP contribution in [0.1, 0.15) is 56.4 Å². The van der Waals surface area contributed by atoms with Crippen molar-refractivity contribution in [1.29, 1.82) is 0 Å². The van der Waals surface area contributed by atoms with E-state index in [4.69, 9.17) is 5.73 Å². The molecule has 0 bridgehead atoms. The molecule has 1 fully saturated rings. The molecule has 1 aromatic rings. The zero-order valence-corrected chi connectivity index (χ0v) is 24.9. The number of amides is 1. The highest BCUT2D eigenvalue weighted by molar-refractivity contribution is 6.24. The van der Waals surface area contributed by atoms with E-state index in [2.05, 4.69) is 0 Å². The first kappa shape index (κ1) is 32.5. The van der Waals surface area contributed by atoms with Crippen LogP contribution in [-0.2, 0) is 33.5 Å². The van der Waals surface area contributed by atoms with E-state index >= 15 is 0 Å². The van der Waals surface area contributed by atoms with Crippen molar-refractivity contribution in [2.75, 3.05) is 20.6 Å². The molecule has 1 aromatic carbocycles. The summed E-state index contributed by atoms with van der Waals surface area (Å²) in [6.07, 6.45) is -5.65. The van der Waals surface area contributed by atoms with Crippen molar-refractivity contribution in [3.8, 4) is 5.75 Å². The molecule has 0 radical (unpaired) electrons. The number of aliphatic hydroxyl groups is 3. The first-order chi connectivity index (χ1) is 19.8. The second-order valence-corrected chi connectivity index (χ2v) is 12.3. The Morgan fingerprint density at radius 3 is 2.26 bits per heavy atom. The lowest BCUT2D eigenvalue weighted by Crippen LogP contribution is -2.65. The molecule has 3 aliphatic rings. The predicted octanol–water partition coefficient (Wildman–Crippen LogP) is 2.85. The maximum atomic E-state index is 14.8. The summed E-state index contributed by atoms with van der Waals surface area (Å²) in [6, 6.07) is -0.492. The Balaban J connectivity index is 1.97. The number of carbonyl (C=O) groups is 3. The summed E-state index contributed by atoms with van der Waals surface area (Å²) in [6.45, 7) is 7.91. The van der Waals surface area contributed by atoms with E-state index in [-0.39, 0.29) is 30.5 Å². The number of nitrogens with zero attached hydrogens (tertiary/aromatic N) is 2. The molecule has 3 aliphatic carbocycles. The van der Waals surface area contributed by atoms with Crippen molar-refractivity contribution in [2.24, 2.45) is 23.5 Å². The molecule has 0 unspecified atom stereocenters. The number of aliphatic hydroxyl groups excluding tert-OH is 2. The number of likely N-dealkylation sites (N-methyl/N-ethyl adjacent to an activating group) is 1. The van der Waals surface area contributed by atoms with E-state index in [9.17, 15) is 48.0 Å². The van der Waals surface area contributed by atoms with Crippen LogP contribution in [0.2, 0.25) is 0 Å². The SMILES string of the molecule is CCN(Cc1cc(O)c2c(c1C(F)(F)F)C[C@H]1C[C@H]3[C@H](N(C)C)C(=O)C(C(N)=O)=C(O)[C@@]3(O)C(=O)C1=C2O)[C@H](C)C(C)C. The number of carbonyl (C=O) groups excluding carboxylic acids is 3. The Morgan fingerprint density at radius 2 is 1.77 bits per heavy atom. The van der Waals surface area contributed by atoms with Gasteiger partial charge in [0.05, 0.1) is 17.2 Å². The maximum Gasteiger partial charge on any atom is 0.417 e. The topological polar surface area (TPSA) is 165 Å². The number of alkyl halides is 3. The minimum absolute atomic E-state index is 0.0874. The normalized spacial score (nSPS) is 26.7. The number of hydrogen-bond acceptors (Lipinski definition) is 9. The number of halogens is 3. The van der Waals surface area contributed by atoms with E-state index in [1.165, 1.54) is 19.0 Å². The van der Waals surface area contributed by atoms with Crippen LogP contribution in [0.3, 0.4) is 0 Å². The van der Waals surface area contributed by atoms with Gasteiger partial charge in [0.15, 0.2) is 11.4 Å². The molecule has 0 spiro atoms. The van der Waals surface area contributed by atoms with Crippen LogP contribution in [0.25, 0.3) is 5.76 Å². The highest BCUT2D eigenvalue weighted by Gasteiger charge is 2.64. The zero-order chi connectivity index (χ0) is 32.5. The van der Waals surface area contributed by atoms with Crippen molar-refractivity contribution in [3.05, 3.63) is 45.2 Å². The largest absolute Gasteiger partial charge is 0.508 e. The van der Waals surface area contributed by atoms with Gasteiger partial charge in [0.25, 0.3) is 5.91 Å². The number of aromatic hydroxyl groups is 1. The molecule has 0 saturated heterocycles. The molecule has 0 aliphatic heterocycles. The van der Waals surface area contributed by atoms with Gasteiger partial charge in [-0.25, -0.2) is 0 Å². The molecule has 10 nitrogen and oxygen atoms in total. The Kier molecular flexibility index (Phi) is 8.26. The van der Waals surface area contributed by atoms with E-state index in [0.29, 0.717) is 6.54 Å². The molecule has 0 aromatic heterocycles.